The number of nitrogens with zero attached hydrogens (tertiary/aromatic N) is 1. The van der Waals surface area contributed by atoms with Crippen LogP contribution in [0.15, 0.2) is 24.3 Å². The number of carbonyl (C=O) groups is 1. The number of amides is 1. The van der Waals surface area contributed by atoms with Gasteiger partial charge in [-0.05, 0) is 30.7 Å². The van der Waals surface area contributed by atoms with E-state index in [1.165, 1.54) is 12.1 Å². The normalized spacial score (nSPS) is 15.8. The lowest BCUT2D eigenvalue weighted by Crippen LogP contribution is -2.30. The Bertz CT molecular complexity index is 500. The molecule has 1 aliphatic rings. The number of nitro benzene ring substituents is 1. The summed E-state index contributed by atoms with van der Waals surface area (Å²) < 4.78 is 0. The van der Waals surface area contributed by atoms with E-state index in [9.17, 15) is 14.9 Å². The van der Waals surface area contributed by atoms with Crippen molar-refractivity contribution in [3.05, 3.63) is 39.9 Å². The quantitative estimate of drug-likeness (QED) is 0.495. The fraction of sp³-hybridized carbons (Fsp3) is 0.462. The first-order chi connectivity index (χ1) is 9.08. The van der Waals surface area contributed by atoms with Crippen LogP contribution in [0.2, 0.25) is 0 Å². The van der Waals surface area contributed by atoms with E-state index in [4.69, 9.17) is 11.6 Å². The third kappa shape index (κ3) is 3.23. The average molecular weight is 283 g/mol. The number of hydrogen-bond acceptors (Lipinski definition) is 3. The minimum absolute atomic E-state index is 0.106. The Morgan fingerprint density at radius 1 is 1.42 bits per heavy atom. The van der Waals surface area contributed by atoms with E-state index in [2.05, 4.69) is 5.32 Å². The zero-order valence-electron chi connectivity index (χ0n) is 10.4. The van der Waals surface area contributed by atoms with E-state index < -0.39 is 10.8 Å². The predicted octanol–water partition coefficient (Wildman–Crippen LogP) is 2.73. The van der Waals surface area contributed by atoms with Crippen molar-refractivity contribution in [2.45, 2.75) is 19.3 Å². The summed E-state index contributed by atoms with van der Waals surface area (Å²) in [6.45, 7) is 0.532. The predicted molar refractivity (Wildman–Crippen MR) is 72.4 cm³/mol. The maximum absolute atomic E-state index is 12.0. The van der Waals surface area contributed by atoms with Crippen LogP contribution in [0.1, 0.15) is 29.6 Å². The minimum Gasteiger partial charge on any atom is -0.351 e. The van der Waals surface area contributed by atoms with Gasteiger partial charge in [0.15, 0.2) is 0 Å². The van der Waals surface area contributed by atoms with Gasteiger partial charge >= 0.3 is 0 Å². The van der Waals surface area contributed by atoms with Crippen molar-refractivity contribution in [3.63, 3.8) is 0 Å². The first-order valence-corrected chi connectivity index (χ1v) is 6.69. The van der Waals surface area contributed by atoms with Gasteiger partial charge in [0.1, 0.15) is 5.56 Å². The molecule has 1 N–H and O–H groups in total. The molecule has 0 heterocycles. The van der Waals surface area contributed by atoms with Gasteiger partial charge in [-0.1, -0.05) is 12.1 Å². The molecule has 0 bridgehead atoms. The molecule has 1 amide bonds. The van der Waals surface area contributed by atoms with Crippen molar-refractivity contribution < 1.29 is 9.72 Å². The fourth-order valence-electron chi connectivity index (χ4n) is 2.08. The molecule has 0 saturated heterocycles. The maximum Gasteiger partial charge on any atom is 0.282 e. The van der Waals surface area contributed by atoms with Crippen molar-refractivity contribution in [2.75, 3.05) is 12.4 Å². The maximum atomic E-state index is 12.0. The number of halogens is 1. The monoisotopic (exact) mass is 282 g/mol. The molecule has 0 spiro atoms. The lowest BCUT2D eigenvalue weighted by Gasteiger charge is -2.14. The number of rotatable bonds is 6. The van der Waals surface area contributed by atoms with Crippen LogP contribution in [0.3, 0.4) is 0 Å². The highest BCUT2D eigenvalue weighted by Crippen LogP contribution is 2.48. The van der Waals surface area contributed by atoms with Crippen molar-refractivity contribution >= 4 is 23.2 Å². The van der Waals surface area contributed by atoms with Gasteiger partial charge in [0, 0.05) is 18.5 Å². The highest BCUT2D eigenvalue weighted by atomic mass is 35.5. The summed E-state index contributed by atoms with van der Waals surface area (Å²) in [5.41, 5.74) is 0.0532. The summed E-state index contributed by atoms with van der Waals surface area (Å²) >= 11 is 5.72. The highest BCUT2D eigenvalue weighted by Gasteiger charge is 2.42. The van der Waals surface area contributed by atoms with E-state index in [1.807, 2.05) is 0 Å². The van der Waals surface area contributed by atoms with Crippen LogP contribution in [0.4, 0.5) is 5.69 Å². The third-order valence-corrected chi connectivity index (χ3v) is 3.74. The van der Waals surface area contributed by atoms with Crippen LogP contribution in [0.25, 0.3) is 0 Å². The number of nitrogens with one attached hydrogen (secondary N) is 1. The summed E-state index contributed by atoms with van der Waals surface area (Å²) in [5, 5.41) is 13.6. The van der Waals surface area contributed by atoms with Crippen LogP contribution >= 0.6 is 11.6 Å². The largest absolute Gasteiger partial charge is 0.351 e. The summed E-state index contributed by atoms with van der Waals surface area (Å²) in [7, 11) is 0. The number of carbonyl (C=O) groups excluding carboxylic acids is 1. The van der Waals surface area contributed by atoms with Crippen molar-refractivity contribution in [2.24, 2.45) is 5.41 Å². The molecular weight excluding hydrogens is 268 g/mol. The van der Waals surface area contributed by atoms with Gasteiger partial charge < -0.3 is 5.32 Å². The van der Waals surface area contributed by atoms with Crippen LogP contribution in [-0.2, 0) is 0 Å². The van der Waals surface area contributed by atoms with Gasteiger partial charge in [-0.3, -0.25) is 14.9 Å². The van der Waals surface area contributed by atoms with Crippen molar-refractivity contribution in [1.82, 2.24) is 5.32 Å². The second-order valence-corrected chi connectivity index (χ2v) is 5.27. The molecule has 1 aromatic carbocycles. The molecule has 1 aromatic rings. The minimum atomic E-state index is -0.541. The van der Waals surface area contributed by atoms with Gasteiger partial charge in [0.25, 0.3) is 11.6 Å². The zero-order chi connectivity index (χ0) is 13.9. The first kappa shape index (κ1) is 13.8. The van der Waals surface area contributed by atoms with E-state index in [1.54, 1.807) is 12.1 Å². The van der Waals surface area contributed by atoms with E-state index >= 15 is 0 Å². The molecule has 0 aliphatic heterocycles. The Morgan fingerprint density at radius 3 is 2.68 bits per heavy atom. The fourth-order valence-corrected chi connectivity index (χ4v) is 2.48. The summed E-state index contributed by atoms with van der Waals surface area (Å²) in [4.78, 5) is 22.3. The number of hydrogen-bond donors (Lipinski definition) is 1. The average Bonchev–Trinajstić information content (AvgIpc) is 3.17. The molecule has 102 valence electrons. The Labute approximate surface area is 116 Å². The topological polar surface area (TPSA) is 72.2 Å². The van der Waals surface area contributed by atoms with Crippen LogP contribution < -0.4 is 5.32 Å². The number of nitro groups is 1. The molecule has 1 fully saturated rings. The van der Waals surface area contributed by atoms with Crippen molar-refractivity contribution in [1.29, 1.82) is 0 Å². The lowest BCUT2D eigenvalue weighted by molar-refractivity contribution is -0.385. The van der Waals surface area contributed by atoms with Crippen LogP contribution in [0.5, 0.6) is 0 Å². The van der Waals surface area contributed by atoms with Crippen LogP contribution in [-0.4, -0.2) is 23.3 Å². The molecule has 5 nitrogen and oxygen atoms in total. The van der Waals surface area contributed by atoms with E-state index in [0.29, 0.717) is 12.4 Å². The highest BCUT2D eigenvalue weighted by molar-refractivity contribution is 6.17. The molecule has 1 saturated carbocycles. The molecule has 2 rings (SSSR count). The molecule has 19 heavy (non-hydrogen) atoms. The van der Waals surface area contributed by atoms with Gasteiger partial charge in [-0.2, -0.15) is 0 Å². The summed E-state index contributed by atoms with van der Waals surface area (Å²) in [5.74, 6) is 0.176. The Balaban J connectivity index is 2.03. The molecule has 0 aromatic heterocycles. The van der Waals surface area contributed by atoms with E-state index in [0.717, 1.165) is 19.3 Å². The zero-order valence-corrected chi connectivity index (χ0v) is 11.2. The Kier molecular flexibility index (Phi) is 4.04. The van der Waals surface area contributed by atoms with E-state index in [-0.39, 0.29) is 16.7 Å². The third-order valence-electron chi connectivity index (χ3n) is 3.55. The standard InChI is InChI=1S/C13H15ClN2O3/c14-8-7-13(5-6-13)9-15-12(17)10-3-1-2-4-11(10)16(18)19/h1-4H,5-9H2,(H,15,17). The summed E-state index contributed by atoms with van der Waals surface area (Å²) in [6.07, 6.45) is 2.97. The first-order valence-electron chi connectivity index (χ1n) is 6.16. The number of alkyl halides is 1. The smallest absolute Gasteiger partial charge is 0.282 e. The Hall–Kier alpha value is -1.62. The molecular formula is C13H15ClN2O3. The second kappa shape index (κ2) is 5.57. The van der Waals surface area contributed by atoms with Crippen LogP contribution in [0, 0.1) is 15.5 Å². The number of benzene rings is 1. The SMILES string of the molecule is O=C(NCC1(CCCl)CC1)c1ccccc1[N+](=O)[O-]. The lowest BCUT2D eigenvalue weighted by atomic mass is 10.0. The van der Waals surface area contributed by atoms with Gasteiger partial charge in [0.05, 0.1) is 4.92 Å². The molecule has 0 unspecified atom stereocenters. The number of para-hydroxylation sites is 1. The molecule has 0 atom stereocenters. The molecule has 6 heteroatoms. The molecule has 0 radical (unpaired) electrons. The van der Waals surface area contributed by atoms with Crippen molar-refractivity contribution in [3.8, 4) is 0 Å². The van der Waals surface area contributed by atoms with Gasteiger partial charge in [-0.15, -0.1) is 11.6 Å². The molecule has 1 aliphatic carbocycles. The Morgan fingerprint density at radius 2 is 2.11 bits per heavy atom. The second-order valence-electron chi connectivity index (χ2n) is 4.90. The van der Waals surface area contributed by atoms with Gasteiger partial charge in [-0.25, -0.2) is 0 Å². The summed E-state index contributed by atoms with van der Waals surface area (Å²) in [6, 6.07) is 5.97. The van der Waals surface area contributed by atoms with Gasteiger partial charge in [0.2, 0.25) is 0 Å².